The Balaban J connectivity index is 1.08. The number of hydrogen-bond donors (Lipinski definition) is 0. The van der Waals surface area contributed by atoms with Gasteiger partial charge in [0, 0.05) is 23.0 Å². The van der Waals surface area contributed by atoms with Crippen LogP contribution >= 0.6 is 0 Å². The van der Waals surface area contributed by atoms with Crippen LogP contribution in [0.5, 0.6) is 0 Å². The number of nitrogens with zero attached hydrogens (tertiary/aromatic N) is 3. The summed E-state index contributed by atoms with van der Waals surface area (Å²) in [7, 11) is 0. The molecule has 0 N–H and O–H groups in total. The molecule has 8 aromatic carbocycles. The first kappa shape index (κ1) is 30.7. The molecule has 9 aromatic rings. The first-order chi connectivity index (χ1) is 26.3. The zero-order chi connectivity index (χ0) is 35.1. The summed E-state index contributed by atoms with van der Waals surface area (Å²) in [4.78, 5) is 4.28. The molecule has 10 rings (SSSR count). The summed E-state index contributed by atoms with van der Waals surface area (Å²) in [5.74, 6) is 0. The van der Waals surface area contributed by atoms with Gasteiger partial charge in [0.2, 0.25) is 0 Å². The van der Waals surface area contributed by atoms with Gasteiger partial charge in [-0.2, -0.15) is 5.10 Å². The number of hydrogen-bond acceptors (Lipinski definition) is 3. The maximum Gasteiger partial charge on any atom is 0.106 e. The highest BCUT2D eigenvalue weighted by atomic mass is 15.4. The number of fused-ring (bicyclic) bond motifs is 5. The molecule has 0 fully saturated rings. The summed E-state index contributed by atoms with van der Waals surface area (Å²) in [6, 6.07) is 60.9. The lowest BCUT2D eigenvalue weighted by Gasteiger charge is -2.18. The molecule has 3 heteroatoms. The highest BCUT2D eigenvalue weighted by molar-refractivity contribution is 6.21. The molecule has 53 heavy (non-hydrogen) atoms. The predicted molar refractivity (Wildman–Crippen MR) is 221 cm³/mol. The number of rotatable bonds is 5. The summed E-state index contributed by atoms with van der Waals surface area (Å²) in [5.41, 5.74) is 14.2. The van der Waals surface area contributed by atoms with Gasteiger partial charge in [-0.05, 0) is 102 Å². The van der Waals surface area contributed by atoms with Crippen LogP contribution in [-0.4, -0.2) is 11.5 Å². The molecule has 1 aliphatic rings. The van der Waals surface area contributed by atoms with E-state index in [2.05, 4.69) is 186 Å². The maximum atomic E-state index is 5.24. The second kappa shape index (κ2) is 12.9. The van der Waals surface area contributed by atoms with E-state index in [0.29, 0.717) is 6.54 Å². The van der Waals surface area contributed by atoms with Crippen LogP contribution in [-0.2, 0) is 0 Å². The summed E-state index contributed by atoms with van der Waals surface area (Å²) >= 11 is 0. The van der Waals surface area contributed by atoms with Crippen LogP contribution in [0.1, 0.15) is 0 Å². The van der Waals surface area contributed by atoms with Crippen molar-refractivity contribution >= 4 is 43.7 Å². The standard InChI is InChI=1S/C50H33N3/c1-2-12-36(13-3-1)48-42-17-5-7-19-44(42)49(45-20-8-6-18-43(45)48)37-24-22-35(23-25-37)47-32-38-15-11-31-53(52-50(38)46-21-9-4-16-41(46)47)40-28-26-34(27-29-40)39-14-10-30-51-33-39/h1-14,16-30,32-33H,31H2. The van der Waals surface area contributed by atoms with Crippen molar-refractivity contribution in [1.29, 1.82) is 0 Å². The Morgan fingerprint density at radius 1 is 0.453 bits per heavy atom. The van der Waals surface area contributed by atoms with Crippen molar-refractivity contribution in [3.63, 3.8) is 0 Å². The third kappa shape index (κ3) is 5.39. The molecule has 0 aliphatic carbocycles. The molecule has 248 valence electrons. The van der Waals surface area contributed by atoms with Crippen molar-refractivity contribution in [3.8, 4) is 44.5 Å². The van der Waals surface area contributed by atoms with Crippen molar-refractivity contribution in [3.05, 3.63) is 199 Å². The Hall–Kier alpha value is -7.06. The van der Waals surface area contributed by atoms with Gasteiger partial charge in [-0.3, -0.25) is 9.99 Å². The van der Waals surface area contributed by atoms with E-state index in [1.54, 1.807) is 6.20 Å². The Morgan fingerprint density at radius 3 is 1.60 bits per heavy atom. The largest absolute Gasteiger partial charge is 0.264 e. The molecule has 0 saturated heterocycles. The van der Waals surface area contributed by atoms with Gasteiger partial charge >= 0.3 is 0 Å². The van der Waals surface area contributed by atoms with E-state index in [4.69, 9.17) is 5.10 Å². The SMILES string of the molecule is C1=CCN(c2ccc(-c3cccnc3)cc2)N=c2c=1cc(-c1ccc(-c3c4ccccc4c(-c4ccccc4)c4ccccc34)cc1)c1ccccc21. The van der Waals surface area contributed by atoms with E-state index in [-0.39, 0.29) is 0 Å². The zero-order valence-corrected chi connectivity index (χ0v) is 28.9. The van der Waals surface area contributed by atoms with Crippen molar-refractivity contribution in [1.82, 2.24) is 4.98 Å². The molecule has 0 saturated carbocycles. The lowest BCUT2D eigenvalue weighted by atomic mass is 9.85. The monoisotopic (exact) mass is 675 g/mol. The summed E-state index contributed by atoms with van der Waals surface area (Å²) in [5, 5.41) is 16.5. The van der Waals surface area contributed by atoms with Crippen molar-refractivity contribution < 1.29 is 0 Å². The number of benzene rings is 8. The van der Waals surface area contributed by atoms with E-state index < -0.39 is 0 Å². The molecular weight excluding hydrogens is 643 g/mol. The van der Waals surface area contributed by atoms with Gasteiger partial charge < -0.3 is 0 Å². The van der Waals surface area contributed by atoms with Crippen LogP contribution in [0.2, 0.25) is 0 Å². The Morgan fingerprint density at radius 2 is 0.981 bits per heavy atom. The quantitative estimate of drug-likeness (QED) is 0.170. The van der Waals surface area contributed by atoms with Gasteiger partial charge in [-0.25, -0.2) is 0 Å². The maximum absolute atomic E-state index is 5.24. The Kier molecular flexibility index (Phi) is 7.49. The number of aromatic nitrogens is 1. The lowest BCUT2D eigenvalue weighted by molar-refractivity contribution is 0.911. The van der Waals surface area contributed by atoms with Crippen molar-refractivity contribution in [2.24, 2.45) is 5.10 Å². The van der Waals surface area contributed by atoms with Crippen LogP contribution < -0.4 is 15.6 Å². The van der Waals surface area contributed by atoms with Crippen LogP contribution in [0.25, 0.3) is 82.6 Å². The van der Waals surface area contributed by atoms with E-state index in [0.717, 1.165) is 38.3 Å². The van der Waals surface area contributed by atoms with Crippen LogP contribution in [0.15, 0.2) is 193 Å². The van der Waals surface area contributed by atoms with E-state index in [1.807, 2.05) is 12.3 Å². The average Bonchev–Trinajstić information content (AvgIpc) is 3.46. The molecule has 0 unspecified atom stereocenters. The molecule has 0 atom stereocenters. The predicted octanol–water partition coefficient (Wildman–Crippen LogP) is 11.2. The molecule has 0 spiro atoms. The fourth-order valence-electron chi connectivity index (χ4n) is 7.91. The van der Waals surface area contributed by atoms with Gasteiger partial charge in [0.05, 0.1) is 12.2 Å². The minimum absolute atomic E-state index is 0.629. The number of pyridine rings is 1. The molecular formula is C50H33N3. The Labute approximate surface area is 307 Å². The zero-order valence-electron chi connectivity index (χ0n) is 28.9. The minimum atomic E-state index is 0.629. The van der Waals surface area contributed by atoms with Crippen molar-refractivity contribution in [2.75, 3.05) is 11.6 Å². The van der Waals surface area contributed by atoms with Crippen LogP contribution in [0, 0.1) is 0 Å². The van der Waals surface area contributed by atoms with Crippen molar-refractivity contribution in [2.45, 2.75) is 0 Å². The first-order valence-electron chi connectivity index (χ1n) is 18.0. The van der Waals surface area contributed by atoms with Crippen LogP contribution in [0.3, 0.4) is 0 Å². The molecule has 0 radical (unpaired) electrons. The van der Waals surface area contributed by atoms with Gasteiger partial charge in [-0.15, -0.1) is 5.73 Å². The van der Waals surface area contributed by atoms with Gasteiger partial charge in [0.15, 0.2) is 0 Å². The second-order valence-corrected chi connectivity index (χ2v) is 13.5. The molecule has 2 heterocycles. The highest BCUT2D eigenvalue weighted by Gasteiger charge is 2.17. The molecule has 1 aromatic heterocycles. The fourth-order valence-corrected chi connectivity index (χ4v) is 7.91. The number of anilines is 1. The average molecular weight is 676 g/mol. The Bertz CT molecular complexity index is 2920. The smallest absolute Gasteiger partial charge is 0.106 e. The summed E-state index contributed by atoms with van der Waals surface area (Å²) in [6.07, 6.45) is 5.78. The van der Waals surface area contributed by atoms with Gasteiger partial charge in [-0.1, -0.05) is 146 Å². The first-order valence-corrected chi connectivity index (χ1v) is 18.0. The minimum Gasteiger partial charge on any atom is -0.264 e. The molecule has 3 nitrogen and oxygen atoms in total. The lowest BCUT2D eigenvalue weighted by Crippen LogP contribution is -2.29. The third-order valence-corrected chi connectivity index (χ3v) is 10.4. The normalized spacial score (nSPS) is 12.3. The third-order valence-electron chi connectivity index (χ3n) is 10.4. The van der Waals surface area contributed by atoms with Crippen LogP contribution in [0.4, 0.5) is 5.69 Å². The van der Waals surface area contributed by atoms with E-state index in [9.17, 15) is 0 Å². The molecule has 0 amide bonds. The summed E-state index contributed by atoms with van der Waals surface area (Å²) < 4.78 is 0. The van der Waals surface area contributed by atoms with Gasteiger partial charge in [0.25, 0.3) is 0 Å². The topological polar surface area (TPSA) is 28.5 Å². The van der Waals surface area contributed by atoms with E-state index in [1.165, 1.54) is 54.7 Å². The van der Waals surface area contributed by atoms with E-state index >= 15 is 0 Å². The van der Waals surface area contributed by atoms with Gasteiger partial charge in [0.1, 0.15) is 5.36 Å². The highest BCUT2D eigenvalue weighted by Crippen LogP contribution is 2.44. The molecule has 1 aliphatic heterocycles. The fraction of sp³-hybridized carbons (Fsp3) is 0.0200. The molecule has 0 bridgehead atoms. The summed E-state index contributed by atoms with van der Waals surface area (Å²) in [6.45, 7) is 0.629. The second-order valence-electron chi connectivity index (χ2n) is 13.5.